The van der Waals surface area contributed by atoms with Crippen LogP contribution in [0.1, 0.15) is 13.3 Å². The molecule has 0 aromatic rings. The molecule has 0 unspecified atom stereocenters. The number of hydrogen-bond donors (Lipinski definition) is 1. The van der Waals surface area contributed by atoms with Gasteiger partial charge in [0.25, 0.3) is 0 Å². The largest absolute Gasteiger partial charge is 0.388 e. The summed E-state index contributed by atoms with van der Waals surface area (Å²) < 4.78 is 0. The van der Waals surface area contributed by atoms with Crippen LogP contribution in [0.15, 0.2) is 24.0 Å². The van der Waals surface area contributed by atoms with Crippen molar-refractivity contribution in [3.8, 4) is 0 Å². The Hall–Kier alpha value is -0.920. The molecule has 2 nitrogen and oxygen atoms in total. The summed E-state index contributed by atoms with van der Waals surface area (Å²) in [5.74, 6) is 0. The zero-order valence-electron chi connectivity index (χ0n) is 7.89. The van der Waals surface area contributed by atoms with Gasteiger partial charge in [-0.15, -0.1) is 0 Å². The van der Waals surface area contributed by atoms with Gasteiger partial charge in [0.1, 0.15) is 0 Å². The van der Waals surface area contributed by atoms with Gasteiger partial charge in [-0.3, -0.25) is 0 Å². The minimum absolute atomic E-state index is 1.06. The lowest BCUT2D eigenvalue weighted by molar-refractivity contribution is 0.563. The van der Waals surface area contributed by atoms with Crippen molar-refractivity contribution in [2.75, 3.05) is 21.1 Å². The van der Waals surface area contributed by atoms with E-state index in [1.54, 1.807) is 0 Å². The van der Waals surface area contributed by atoms with Gasteiger partial charge in [-0.2, -0.15) is 0 Å². The lowest BCUT2D eigenvalue weighted by Crippen LogP contribution is -2.06. The quantitative estimate of drug-likeness (QED) is 0.618. The van der Waals surface area contributed by atoms with Crippen molar-refractivity contribution in [3.63, 3.8) is 0 Å². The molecule has 0 aromatic heterocycles. The number of allylic oxidation sites excluding steroid dienone is 2. The molecule has 0 spiro atoms. The maximum absolute atomic E-state index is 3.11. The first-order valence-corrected chi connectivity index (χ1v) is 3.93. The van der Waals surface area contributed by atoms with E-state index in [2.05, 4.69) is 24.4 Å². The SMILES string of the molecule is CC/C=C(\C=C/N(C)C)NC. The molecule has 0 saturated heterocycles. The first kappa shape index (κ1) is 10.1. The predicted octanol–water partition coefficient (Wildman–Crippen LogP) is 1.57. The summed E-state index contributed by atoms with van der Waals surface area (Å²) in [6, 6.07) is 0. The molecule has 11 heavy (non-hydrogen) atoms. The van der Waals surface area contributed by atoms with Crippen LogP contribution in [0.2, 0.25) is 0 Å². The Morgan fingerprint density at radius 1 is 1.45 bits per heavy atom. The van der Waals surface area contributed by atoms with E-state index in [0.29, 0.717) is 0 Å². The molecule has 0 aliphatic rings. The Labute approximate surface area is 69.6 Å². The highest BCUT2D eigenvalue weighted by Crippen LogP contribution is 1.93. The van der Waals surface area contributed by atoms with Crippen molar-refractivity contribution >= 4 is 0 Å². The number of hydrogen-bond acceptors (Lipinski definition) is 2. The van der Waals surface area contributed by atoms with Crippen LogP contribution in [0, 0.1) is 0 Å². The van der Waals surface area contributed by atoms with Crippen molar-refractivity contribution < 1.29 is 0 Å². The normalized spacial score (nSPS) is 12.2. The molecule has 64 valence electrons. The van der Waals surface area contributed by atoms with Crippen molar-refractivity contribution in [1.82, 2.24) is 10.2 Å². The fourth-order valence-corrected chi connectivity index (χ4v) is 0.703. The molecule has 0 bridgehead atoms. The second kappa shape index (κ2) is 5.83. The molecule has 0 fully saturated rings. The molecule has 0 heterocycles. The summed E-state index contributed by atoms with van der Waals surface area (Å²) in [6.07, 6.45) is 7.30. The Bertz CT molecular complexity index is 146. The Kier molecular flexibility index (Phi) is 5.35. The van der Waals surface area contributed by atoms with Gasteiger partial charge >= 0.3 is 0 Å². The first-order chi connectivity index (χ1) is 5.20. The monoisotopic (exact) mass is 154 g/mol. The second-order valence-corrected chi connectivity index (χ2v) is 2.60. The highest BCUT2D eigenvalue weighted by Gasteiger charge is 1.83. The fraction of sp³-hybridized carbons (Fsp3) is 0.556. The van der Waals surface area contributed by atoms with E-state index in [9.17, 15) is 0 Å². The molecular formula is C9H18N2. The van der Waals surface area contributed by atoms with Crippen molar-refractivity contribution in [1.29, 1.82) is 0 Å². The van der Waals surface area contributed by atoms with Crippen LogP contribution in [0.25, 0.3) is 0 Å². The van der Waals surface area contributed by atoms with Crippen LogP contribution in [-0.2, 0) is 0 Å². The zero-order valence-corrected chi connectivity index (χ0v) is 7.89. The lowest BCUT2D eigenvalue weighted by Gasteiger charge is -2.05. The van der Waals surface area contributed by atoms with Gasteiger partial charge in [0.05, 0.1) is 0 Å². The van der Waals surface area contributed by atoms with Gasteiger partial charge < -0.3 is 10.2 Å². The molecule has 0 aromatic carbocycles. The van der Waals surface area contributed by atoms with Gasteiger partial charge in [-0.25, -0.2) is 0 Å². The van der Waals surface area contributed by atoms with Crippen molar-refractivity contribution in [2.24, 2.45) is 0 Å². The van der Waals surface area contributed by atoms with Crippen LogP contribution < -0.4 is 5.32 Å². The minimum Gasteiger partial charge on any atom is -0.388 e. The first-order valence-electron chi connectivity index (χ1n) is 3.93. The smallest absolute Gasteiger partial charge is 0.0311 e. The summed E-state index contributed by atoms with van der Waals surface area (Å²) >= 11 is 0. The Balaban J connectivity index is 3.97. The Morgan fingerprint density at radius 3 is 2.45 bits per heavy atom. The summed E-state index contributed by atoms with van der Waals surface area (Å²) in [7, 11) is 5.95. The molecular weight excluding hydrogens is 136 g/mol. The number of nitrogens with one attached hydrogen (secondary N) is 1. The van der Waals surface area contributed by atoms with Gasteiger partial charge in [0.2, 0.25) is 0 Å². The summed E-state index contributed by atoms with van der Waals surface area (Å²) in [6.45, 7) is 2.13. The summed E-state index contributed by atoms with van der Waals surface area (Å²) in [4.78, 5) is 2.01. The summed E-state index contributed by atoms with van der Waals surface area (Å²) in [5, 5.41) is 3.11. The molecule has 0 amide bonds. The maximum atomic E-state index is 3.11. The van der Waals surface area contributed by atoms with E-state index < -0.39 is 0 Å². The third kappa shape index (κ3) is 5.52. The average Bonchev–Trinajstić information content (AvgIpc) is 1.97. The van der Waals surface area contributed by atoms with Crippen molar-refractivity contribution in [3.05, 3.63) is 24.0 Å². The number of likely N-dealkylation sites (N-methyl/N-ethyl adjacent to an activating group) is 1. The van der Waals surface area contributed by atoms with Crippen LogP contribution in [0.3, 0.4) is 0 Å². The van der Waals surface area contributed by atoms with Crippen LogP contribution in [-0.4, -0.2) is 26.0 Å². The molecule has 0 aliphatic carbocycles. The van der Waals surface area contributed by atoms with E-state index in [1.807, 2.05) is 32.2 Å². The fourth-order valence-electron chi connectivity index (χ4n) is 0.703. The third-order valence-corrected chi connectivity index (χ3v) is 1.26. The molecule has 0 radical (unpaired) electrons. The van der Waals surface area contributed by atoms with Gasteiger partial charge in [0, 0.05) is 33.0 Å². The van der Waals surface area contributed by atoms with Crippen LogP contribution >= 0.6 is 0 Å². The van der Waals surface area contributed by atoms with E-state index in [0.717, 1.165) is 6.42 Å². The van der Waals surface area contributed by atoms with E-state index in [-0.39, 0.29) is 0 Å². The maximum Gasteiger partial charge on any atom is 0.0311 e. The second-order valence-electron chi connectivity index (χ2n) is 2.60. The molecule has 0 aliphatic heterocycles. The highest BCUT2D eigenvalue weighted by molar-refractivity contribution is 5.15. The van der Waals surface area contributed by atoms with E-state index >= 15 is 0 Å². The topological polar surface area (TPSA) is 15.3 Å². The Morgan fingerprint density at radius 2 is 2.09 bits per heavy atom. The zero-order chi connectivity index (χ0) is 8.69. The number of rotatable bonds is 4. The molecule has 1 N–H and O–H groups in total. The van der Waals surface area contributed by atoms with Crippen LogP contribution in [0.5, 0.6) is 0 Å². The third-order valence-electron chi connectivity index (χ3n) is 1.26. The molecule has 0 saturated carbocycles. The van der Waals surface area contributed by atoms with E-state index in [4.69, 9.17) is 0 Å². The average molecular weight is 154 g/mol. The highest BCUT2D eigenvalue weighted by atomic mass is 15.0. The molecule has 2 heteroatoms. The van der Waals surface area contributed by atoms with E-state index in [1.165, 1.54) is 5.70 Å². The summed E-state index contributed by atoms with van der Waals surface area (Å²) in [5.41, 5.74) is 1.17. The molecule has 0 rings (SSSR count). The number of nitrogens with zero attached hydrogens (tertiary/aromatic N) is 1. The minimum atomic E-state index is 1.06. The van der Waals surface area contributed by atoms with Gasteiger partial charge in [0.15, 0.2) is 0 Å². The lowest BCUT2D eigenvalue weighted by atomic mass is 10.3. The van der Waals surface area contributed by atoms with Gasteiger partial charge in [-0.05, 0) is 12.5 Å². The predicted molar refractivity (Wildman–Crippen MR) is 50.3 cm³/mol. The van der Waals surface area contributed by atoms with Crippen molar-refractivity contribution in [2.45, 2.75) is 13.3 Å². The molecule has 0 atom stereocenters. The van der Waals surface area contributed by atoms with Gasteiger partial charge in [-0.1, -0.05) is 13.0 Å². The standard InChI is InChI=1S/C9H18N2/c1-5-6-9(10-2)7-8-11(3)4/h6-8,10H,5H2,1-4H3/b8-7-,9-6+. The van der Waals surface area contributed by atoms with Crippen LogP contribution in [0.4, 0.5) is 0 Å².